The van der Waals surface area contributed by atoms with Crippen molar-refractivity contribution >= 4 is 29.0 Å². The largest absolute Gasteiger partial charge is 0.440 e. The van der Waals surface area contributed by atoms with E-state index in [0.717, 1.165) is 0 Å². The van der Waals surface area contributed by atoms with Crippen molar-refractivity contribution in [2.75, 3.05) is 45.3 Å². The summed E-state index contributed by atoms with van der Waals surface area (Å²) >= 11 is 0. The van der Waals surface area contributed by atoms with Crippen LogP contribution in [0.2, 0.25) is 0 Å². The molecule has 2 heterocycles. The third-order valence-electron chi connectivity index (χ3n) is 4.28. The zero-order valence-electron chi connectivity index (χ0n) is 14.6. The van der Waals surface area contributed by atoms with Crippen LogP contribution in [0.1, 0.15) is 20.7 Å². The van der Waals surface area contributed by atoms with Crippen molar-refractivity contribution in [3.05, 3.63) is 39.5 Å². The van der Waals surface area contributed by atoms with Gasteiger partial charge in [0, 0.05) is 38.8 Å². The van der Waals surface area contributed by atoms with Gasteiger partial charge in [-0.3, -0.25) is 14.4 Å². The van der Waals surface area contributed by atoms with E-state index in [1.165, 1.54) is 23.1 Å². The van der Waals surface area contributed by atoms with E-state index in [1.807, 2.05) is 0 Å². The van der Waals surface area contributed by atoms with Gasteiger partial charge in [0.1, 0.15) is 0 Å². The number of rotatable bonds is 4. The standard InChI is InChI=1S/C18H20N2O6/c1-19(2)18(24)11-5-12(9-21)17-14(6-11)15(23)7-16(26-17)20-3-4-25-13(8-20)10-22/h5-7,9,13,22H,3-4,8,10H2,1-2H3/t13-/m0/s1. The van der Waals surface area contributed by atoms with Gasteiger partial charge in [-0.25, -0.2) is 0 Å². The van der Waals surface area contributed by atoms with Crippen molar-refractivity contribution < 1.29 is 23.8 Å². The fourth-order valence-corrected chi connectivity index (χ4v) is 2.93. The molecule has 0 saturated carbocycles. The van der Waals surface area contributed by atoms with E-state index in [4.69, 9.17) is 9.15 Å². The third-order valence-corrected chi connectivity index (χ3v) is 4.28. The fourth-order valence-electron chi connectivity index (χ4n) is 2.93. The number of aliphatic hydroxyl groups excluding tert-OH is 1. The zero-order valence-corrected chi connectivity index (χ0v) is 14.6. The zero-order chi connectivity index (χ0) is 18.8. The van der Waals surface area contributed by atoms with E-state index >= 15 is 0 Å². The maximum absolute atomic E-state index is 12.6. The number of fused-ring (bicyclic) bond motifs is 1. The molecule has 1 atom stereocenters. The molecular formula is C18H20N2O6. The Morgan fingerprint density at radius 1 is 1.38 bits per heavy atom. The second-order valence-corrected chi connectivity index (χ2v) is 6.33. The molecule has 8 heteroatoms. The lowest BCUT2D eigenvalue weighted by Crippen LogP contribution is -2.44. The maximum Gasteiger partial charge on any atom is 0.253 e. The smallest absolute Gasteiger partial charge is 0.253 e. The van der Waals surface area contributed by atoms with Crippen LogP contribution in [-0.4, -0.2) is 68.7 Å². The number of hydrogen-bond donors (Lipinski definition) is 1. The van der Waals surface area contributed by atoms with E-state index in [9.17, 15) is 19.5 Å². The predicted molar refractivity (Wildman–Crippen MR) is 94.9 cm³/mol. The summed E-state index contributed by atoms with van der Waals surface area (Å²) in [5.41, 5.74) is 0.185. The highest BCUT2D eigenvalue weighted by Gasteiger charge is 2.23. The van der Waals surface area contributed by atoms with Crippen LogP contribution >= 0.6 is 0 Å². The van der Waals surface area contributed by atoms with Crippen molar-refractivity contribution in [3.8, 4) is 0 Å². The Hall–Kier alpha value is -2.71. The Morgan fingerprint density at radius 3 is 2.81 bits per heavy atom. The molecule has 1 saturated heterocycles. The molecule has 0 radical (unpaired) electrons. The van der Waals surface area contributed by atoms with Crippen LogP contribution in [0.15, 0.2) is 27.4 Å². The summed E-state index contributed by atoms with van der Waals surface area (Å²) in [5.74, 6) is -0.00326. The topological polar surface area (TPSA) is 100 Å². The van der Waals surface area contributed by atoms with E-state index in [1.54, 1.807) is 19.0 Å². The van der Waals surface area contributed by atoms with Gasteiger partial charge >= 0.3 is 0 Å². The number of nitrogens with zero attached hydrogens (tertiary/aromatic N) is 2. The first-order chi connectivity index (χ1) is 12.4. The molecule has 1 fully saturated rings. The molecule has 0 aliphatic carbocycles. The minimum absolute atomic E-state index is 0.135. The first-order valence-electron chi connectivity index (χ1n) is 8.20. The average molecular weight is 360 g/mol. The van der Waals surface area contributed by atoms with E-state index in [-0.39, 0.29) is 46.1 Å². The third kappa shape index (κ3) is 3.33. The molecule has 1 aromatic heterocycles. The lowest BCUT2D eigenvalue weighted by molar-refractivity contribution is 0.00256. The Bertz CT molecular complexity index is 904. The Balaban J connectivity index is 2.11. The molecule has 3 rings (SSSR count). The molecule has 0 unspecified atom stereocenters. The number of anilines is 1. The highest BCUT2D eigenvalue weighted by atomic mass is 16.5. The summed E-state index contributed by atoms with van der Waals surface area (Å²) < 4.78 is 11.2. The molecule has 0 bridgehead atoms. The summed E-state index contributed by atoms with van der Waals surface area (Å²) in [6.07, 6.45) is 0.201. The molecule has 26 heavy (non-hydrogen) atoms. The van der Waals surface area contributed by atoms with Crippen LogP contribution in [-0.2, 0) is 4.74 Å². The molecule has 138 valence electrons. The molecule has 1 aromatic carbocycles. The van der Waals surface area contributed by atoms with Gasteiger partial charge in [-0.2, -0.15) is 0 Å². The van der Waals surface area contributed by atoms with Crippen molar-refractivity contribution in [2.24, 2.45) is 0 Å². The normalized spacial score (nSPS) is 17.3. The molecule has 0 spiro atoms. The lowest BCUT2D eigenvalue weighted by atomic mass is 10.1. The van der Waals surface area contributed by atoms with Crippen molar-refractivity contribution in [2.45, 2.75) is 6.10 Å². The predicted octanol–water partition coefficient (Wildman–Crippen LogP) is 0.505. The molecule has 8 nitrogen and oxygen atoms in total. The van der Waals surface area contributed by atoms with E-state index < -0.39 is 0 Å². The van der Waals surface area contributed by atoms with Gasteiger partial charge in [-0.15, -0.1) is 0 Å². The molecule has 1 aliphatic heterocycles. The van der Waals surface area contributed by atoms with Gasteiger partial charge in [-0.1, -0.05) is 0 Å². The summed E-state index contributed by atoms with van der Waals surface area (Å²) in [4.78, 5) is 39.4. The maximum atomic E-state index is 12.6. The number of carbonyl (C=O) groups is 2. The number of benzene rings is 1. The van der Waals surface area contributed by atoms with Crippen molar-refractivity contribution in [3.63, 3.8) is 0 Å². The quantitative estimate of drug-likeness (QED) is 0.793. The lowest BCUT2D eigenvalue weighted by Gasteiger charge is -2.32. The second-order valence-electron chi connectivity index (χ2n) is 6.33. The Labute approximate surface area is 149 Å². The van der Waals surface area contributed by atoms with Gasteiger partial charge < -0.3 is 24.1 Å². The van der Waals surface area contributed by atoms with Gasteiger partial charge in [-0.05, 0) is 12.1 Å². The number of ether oxygens (including phenoxy) is 1. The average Bonchev–Trinajstić information content (AvgIpc) is 2.66. The molecule has 2 aromatic rings. The highest BCUT2D eigenvalue weighted by molar-refractivity contribution is 6.03. The second kappa shape index (κ2) is 7.27. The highest BCUT2D eigenvalue weighted by Crippen LogP contribution is 2.25. The van der Waals surface area contributed by atoms with E-state index in [2.05, 4.69) is 0 Å². The van der Waals surface area contributed by atoms with Crippen LogP contribution in [0.4, 0.5) is 5.88 Å². The first-order valence-corrected chi connectivity index (χ1v) is 8.20. The van der Waals surface area contributed by atoms with Gasteiger partial charge in [0.15, 0.2) is 23.2 Å². The Kier molecular flexibility index (Phi) is 5.06. The number of amides is 1. The molecule has 1 amide bonds. The van der Waals surface area contributed by atoms with Crippen molar-refractivity contribution in [1.29, 1.82) is 0 Å². The minimum atomic E-state index is -0.365. The van der Waals surface area contributed by atoms with E-state index in [0.29, 0.717) is 31.9 Å². The molecule has 1 N–H and O–H groups in total. The van der Waals surface area contributed by atoms with Crippen LogP contribution < -0.4 is 10.3 Å². The van der Waals surface area contributed by atoms with Crippen LogP contribution in [0, 0.1) is 0 Å². The Morgan fingerprint density at radius 2 is 2.15 bits per heavy atom. The van der Waals surface area contributed by atoms with Crippen LogP contribution in [0.3, 0.4) is 0 Å². The van der Waals surface area contributed by atoms with Crippen LogP contribution in [0.25, 0.3) is 11.0 Å². The van der Waals surface area contributed by atoms with Gasteiger partial charge in [0.05, 0.1) is 30.3 Å². The summed E-state index contributed by atoms with van der Waals surface area (Å²) in [5, 5.41) is 9.44. The number of hydrogen-bond acceptors (Lipinski definition) is 7. The monoisotopic (exact) mass is 360 g/mol. The van der Waals surface area contributed by atoms with Gasteiger partial charge in [0.2, 0.25) is 0 Å². The summed E-state index contributed by atoms with van der Waals surface area (Å²) in [7, 11) is 3.18. The van der Waals surface area contributed by atoms with Crippen molar-refractivity contribution in [1.82, 2.24) is 4.90 Å². The summed E-state index contributed by atoms with van der Waals surface area (Å²) in [6.45, 7) is 1.13. The fraction of sp³-hybridized carbons (Fsp3) is 0.389. The SMILES string of the molecule is CN(C)C(=O)c1cc(C=O)c2oc(N3CCO[C@H](CO)C3)cc(=O)c2c1. The number of carbonyl (C=O) groups excluding carboxylic acids is 2. The molecule has 1 aliphatic rings. The minimum Gasteiger partial charge on any atom is -0.440 e. The van der Waals surface area contributed by atoms with Gasteiger partial charge in [0.25, 0.3) is 5.91 Å². The number of aldehydes is 1. The number of morpholine rings is 1. The van der Waals surface area contributed by atoms with Crippen LogP contribution in [0.5, 0.6) is 0 Å². The first kappa shape index (κ1) is 18.1. The number of aliphatic hydroxyl groups is 1. The summed E-state index contributed by atoms with van der Waals surface area (Å²) in [6, 6.07) is 4.19. The molecular weight excluding hydrogens is 340 g/mol.